The predicted octanol–water partition coefficient (Wildman–Crippen LogP) is 4.05. The average Bonchev–Trinajstić information content (AvgIpc) is 3.37. The van der Waals surface area contributed by atoms with Crippen LogP contribution in [-0.4, -0.2) is 47.9 Å². The molecular formula is C22H32N2O. The van der Waals surface area contributed by atoms with Crippen molar-refractivity contribution in [3.05, 3.63) is 35.9 Å². The van der Waals surface area contributed by atoms with Gasteiger partial charge >= 0.3 is 0 Å². The Kier molecular flexibility index (Phi) is 5.40. The highest BCUT2D eigenvalue weighted by Crippen LogP contribution is 2.39. The lowest BCUT2D eigenvalue weighted by atomic mass is 9.83. The van der Waals surface area contributed by atoms with E-state index in [1.54, 1.807) is 0 Å². The Hall–Kier alpha value is -1.35. The van der Waals surface area contributed by atoms with Gasteiger partial charge in [0.05, 0.1) is 5.92 Å². The number of hydrogen-bond acceptors (Lipinski definition) is 2. The first kappa shape index (κ1) is 17.1. The molecule has 1 aliphatic carbocycles. The van der Waals surface area contributed by atoms with Gasteiger partial charge in [0, 0.05) is 19.1 Å². The largest absolute Gasteiger partial charge is 0.342 e. The van der Waals surface area contributed by atoms with Gasteiger partial charge in [-0.2, -0.15) is 0 Å². The fourth-order valence-corrected chi connectivity index (χ4v) is 5.32. The van der Waals surface area contributed by atoms with Gasteiger partial charge in [-0.05, 0) is 63.1 Å². The van der Waals surface area contributed by atoms with Crippen molar-refractivity contribution < 1.29 is 4.79 Å². The molecule has 1 saturated carbocycles. The number of piperidine rings is 1. The molecule has 0 radical (unpaired) electrons. The van der Waals surface area contributed by atoms with E-state index in [-0.39, 0.29) is 5.92 Å². The van der Waals surface area contributed by atoms with E-state index < -0.39 is 0 Å². The molecule has 3 aliphatic rings. The van der Waals surface area contributed by atoms with Crippen LogP contribution in [0.3, 0.4) is 0 Å². The van der Waals surface area contributed by atoms with E-state index in [1.807, 2.05) is 0 Å². The Morgan fingerprint density at radius 1 is 0.840 bits per heavy atom. The van der Waals surface area contributed by atoms with Gasteiger partial charge in [0.2, 0.25) is 5.91 Å². The first-order valence-corrected chi connectivity index (χ1v) is 10.4. The fourth-order valence-electron chi connectivity index (χ4n) is 5.32. The number of carbonyl (C=O) groups excluding carboxylic acids is 1. The lowest BCUT2D eigenvalue weighted by molar-refractivity contribution is -0.135. The minimum absolute atomic E-state index is 0.0898. The van der Waals surface area contributed by atoms with Crippen molar-refractivity contribution in [3.8, 4) is 0 Å². The third kappa shape index (κ3) is 3.76. The molecule has 0 N–H and O–H groups in total. The maximum absolute atomic E-state index is 13.4. The van der Waals surface area contributed by atoms with Gasteiger partial charge in [0.15, 0.2) is 0 Å². The maximum Gasteiger partial charge on any atom is 0.230 e. The Morgan fingerprint density at radius 2 is 1.48 bits per heavy atom. The zero-order valence-electron chi connectivity index (χ0n) is 15.4. The van der Waals surface area contributed by atoms with Crippen LogP contribution in [0.5, 0.6) is 0 Å². The van der Waals surface area contributed by atoms with Crippen molar-refractivity contribution in [3.63, 3.8) is 0 Å². The highest BCUT2D eigenvalue weighted by atomic mass is 16.2. The van der Waals surface area contributed by atoms with Crippen LogP contribution in [0.4, 0.5) is 0 Å². The first-order chi connectivity index (χ1) is 12.3. The molecule has 3 heteroatoms. The number of hydrogen-bond donors (Lipinski definition) is 0. The molecule has 1 unspecified atom stereocenters. The zero-order valence-corrected chi connectivity index (χ0v) is 15.4. The number of amides is 1. The average molecular weight is 341 g/mol. The zero-order chi connectivity index (χ0) is 17.1. The second-order valence-electron chi connectivity index (χ2n) is 8.23. The van der Waals surface area contributed by atoms with Crippen LogP contribution in [0.2, 0.25) is 0 Å². The summed E-state index contributed by atoms with van der Waals surface area (Å²) in [7, 11) is 0. The van der Waals surface area contributed by atoms with E-state index in [0.717, 1.165) is 25.9 Å². The smallest absolute Gasteiger partial charge is 0.230 e. The summed E-state index contributed by atoms with van der Waals surface area (Å²) in [4.78, 5) is 18.3. The summed E-state index contributed by atoms with van der Waals surface area (Å²) in [5.74, 6) is 1.04. The predicted molar refractivity (Wildman–Crippen MR) is 102 cm³/mol. The van der Waals surface area contributed by atoms with Crippen LogP contribution in [0.15, 0.2) is 30.3 Å². The normalized spacial score (nSPS) is 24.7. The van der Waals surface area contributed by atoms with Gasteiger partial charge in [0.25, 0.3) is 0 Å². The molecule has 136 valence electrons. The Labute approximate surface area is 152 Å². The highest BCUT2D eigenvalue weighted by molar-refractivity contribution is 5.84. The Bertz CT molecular complexity index is 553. The van der Waals surface area contributed by atoms with E-state index >= 15 is 0 Å². The summed E-state index contributed by atoms with van der Waals surface area (Å²) < 4.78 is 0. The van der Waals surface area contributed by atoms with Crippen LogP contribution in [0, 0.1) is 5.92 Å². The highest BCUT2D eigenvalue weighted by Gasteiger charge is 2.36. The van der Waals surface area contributed by atoms with Gasteiger partial charge in [-0.1, -0.05) is 43.2 Å². The first-order valence-electron chi connectivity index (χ1n) is 10.4. The SMILES string of the molecule is O=C(C(c1ccccc1)C1CCCC1)N1CCC(N2CCCC2)CC1. The molecule has 0 spiro atoms. The molecule has 1 amide bonds. The molecular weight excluding hydrogens is 308 g/mol. The second-order valence-corrected chi connectivity index (χ2v) is 8.23. The lowest BCUT2D eigenvalue weighted by Crippen LogP contribution is -2.47. The van der Waals surface area contributed by atoms with E-state index in [1.165, 1.54) is 57.2 Å². The summed E-state index contributed by atoms with van der Waals surface area (Å²) in [6.45, 7) is 4.45. The molecule has 4 rings (SSSR count). The lowest BCUT2D eigenvalue weighted by Gasteiger charge is -2.39. The van der Waals surface area contributed by atoms with E-state index in [9.17, 15) is 4.79 Å². The second kappa shape index (κ2) is 7.90. The summed E-state index contributed by atoms with van der Waals surface area (Å²) >= 11 is 0. The third-order valence-electron chi connectivity index (χ3n) is 6.73. The minimum atomic E-state index is 0.0898. The molecule has 2 saturated heterocycles. The minimum Gasteiger partial charge on any atom is -0.342 e. The van der Waals surface area contributed by atoms with Gasteiger partial charge in [-0.15, -0.1) is 0 Å². The monoisotopic (exact) mass is 340 g/mol. The maximum atomic E-state index is 13.4. The van der Waals surface area contributed by atoms with Crippen LogP contribution in [0.1, 0.15) is 62.8 Å². The van der Waals surface area contributed by atoms with Crippen molar-refractivity contribution >= 4 is 5.91 Å². The molecule has 3 fully saturated rings. The topological polar surface area (TPSA) is 23.6 Å². The number of likely N-dealkylation sites (tertiary alicyclic amines) is 2. The molecule has 1 aromatic carbocycles. The van der Waals surface area contributed by atoms with Gasteiger partial charge < -0.3 is 9.80 Å². The third-order valence-corrected chi connectivity index (χ3v) is 6.73. The van der Waals surface area contributed by atoms with Crippen LogP contribution in [0.25, 0.3) is 0 Å². The molecule has 0 bridgehead atoms. The summed E-state index contributed by atoms with van der Waals surface area (Å²) in [6.07, 6.45) is 10.1. The molecule has 2 heterocycles. The van der Waals surface area contributed by atoms with Crippen molar-refractivity contribution in [1.29, 1.82) is 0 Å². The molecule has 1 atom stereocenters. The summed E-state index contributed by atoms with van der Waals surface area (Å²) in [6, 6.07) is 11.3. The molecule has 2 aliphatic heterocycles. The van der Waals surface area contributed by atoms with E-state index in [2.05, 4.69) is 40.1 Å². The number of rotatable bonds is 4. The van der Waals surface area contributed by atoms with Gasteiger partial charge in [-0.25, -0.2) is 0 Å². The van der Waals surface area contributed by atoms with Crippen molar-refractivity contribution in [1.82, 2.24) is 9.80 Å². The quantitative estimate of drug-likeness (QED) is 0.825. The molecule has 0 aromatic heterocycles. The molecule has 3 nitrogen and oxygen atoms in total. The van der Waals surface area contributed by atoms with E-state index in [0.29, 0.717) is 17.9 Å². The van der Waals surface area contributed by atoms with Crippen molar-refractivity contribution in [2.24, 2.45) is 5.92 Å². The fraction of sp³-hybridized carbons (Fsp3) is 0.682. The standard InChI is InChI=1S/C22H32N2O/c25-22(24-16-12-20(13-17-24)23-14-6-7-15-23)21(19-10-4-5-11-19)18-8-2-1-3-9-18/h1-3,8-9,19-21H,4-7,10-17H2. The van der Waals surface area contributed by atoms with Crippen molar-refractivity contribution in [2.75, 3.05) is 26.2 Å². The molecule has 25 heavy (non-hydrogen) atoms. The summed E-state index contributed by atoms with van der Waals surface area (Å²) in [5.41, 5.74) is 1.24. The summed E-state index contributed by atoms with van der Waals surface area (Å²) in [5, 5.41) is 0. The number of nitrogens with zero attached hydrogens (tertiary/aromatic N) is 2. The van der Waals surface area contributed by atoms with Crippen LogP contribution in [-0.2, 0) is 4.79 Å². The molecule has 1 aromatic rings. The van der Waals surface area contributed by atoms with Crippen LogP contribution < -0.4 is 0 Å². The Morgan fingerprint density at radius 3 is 2.12 bits per heavy atom. The number of carbonyl (C=O) groups is 1. The van der Waals surface area contributed by atoms with Crippen molar-refractivity contribution in [2.45, 2.75) is 63.3 Å². The van der Waals surface area contributed by atoms with Crippen LogP contribution >= 0.6 is 0 Å². The van der Waals surface area contributed by atoms with E-state index in [4.69, 9.17) is 0 Å². The van der Waals surface area contributed by atoms with Gasteiger partial charge in [-0.3, -0.25) is 4.79 Å². The Balaban J connectivity index is 1.44. The number of benzene rings is 1. The van der Waals surface area contributed by atoms with Gasteiger partial charge in [0.1, 0.15) is 0 Å².